The summed E-state index contributed by atoms with van der Waals surface area (Å²) in [6.45, 7) is 2.80. The van der Waals surface area contributed by atoms with Gasteiger partial charge in [-0.15, -0.1) is 0 Å². The van der Waals surface area contributed by atoms with Crippen molar-refractivity contribution < 1.29 is 14.3 Å². The van der Waals surface area contributed by atoms with E-state index in [0.29, 0.717) is 23.7 Å². The van der Waals surface area contributed by atoms with E-state index in [1.807, 2.05) is 23.1 Å². The molecule has 2 aromatic rings. The topological polar surface area (TPSA) is 42.0 Å². The molecule has 1 aliphatic heterocycles. The van der Waals surface area contributed by atoms with Crippen LogP contribution in [0.15, 0.2) is 42.5 Å². The van der Waals surface area contributed by atoms with Crippen molar-refractivity contribution in [2.45, 2.75) is 0 Å². The van der Waals surface area contributed by atoms with Gasteiger partial charge in [0.1, 0.15) is 11.5 Å². The third-order valence-corrected chi connectivity index (χ3v) is 4.60. The van der Waals surface area contributed by atoms with Gasteiger partial charge in [0.15, 0.2) is 0 Å². The van der Waals surface area contributed by atoms with Gasteiger partial charge in [0.2, 0.25) is 0 Å². The van der Waals surface area contributed by atoms with Crippen LogP contribution in [0.3, 0.4) is 0 Å². The first-order valence-corrected chi connectivity index (χ1v) is 8.52. The summed E-state index contributed by atoms with van der Waals surface area (Å²) in [6, 6.07) is 12.9. The van der Waals surface area contributed by atoms with Crippen molar-refractivity contribution in [3.63, 3.8) is 0 Å². The Morgan fingerprint density at radius 2 is 1.76 bits per heavy atom. The fraction of sp³-hybridized carbons (Fsp3) is 0.316. The van der Waals surface area contributed by atoms with E-state index in [1.165, 1.54) is 0 Å². The zero-order valence-electron chi connectivity index (χ0n) is 14.4. The Labute approximate surface area is 152 Å². The molecule has 0 bridgehead atoms. The molecule has 0 N–H and O–H groups in total. The number of carbonyl (C=O) groups excluding carboxylic acids is 1. The highest BCUT2D eigenvalue weighted by molar-refractivity contribution is 6.30. The average Bonchev–Trinajstić information content (AvgIpc) is 2.67. The summed E-state index contributed by atoms with van der Waals surface area (Å²) in [5.74, 6) is 1.55. The van der Waals surface area contributed by atoms with E-state index < -0.39 is 0 Å². The normalized spacial score (nSPS) is 14.4. The number of hydrogen-bond acceptors (Lipinski definition) is 4. The lowest BCUT2D eigenvalue weighted by atomic mass is 10.1. The Bertz CT molecular complexity index is 758. The first kappa shape index (κ1) is 17.4. The number of anilines is 1. The van der Waals surface area contributed by atoms with Gasteiger partial charge in [-0.1, -0.05) is 17.7 Å². The van der Waals surface area contributed by atoms with Crippen molar-refractivity contribution >= 4 is 23.2 Å². The van der Waals surface area contributed by atoms with E-state index in [0.717, 1.165) is 30.3 Å². The monoisotopic (exact) mass is 360 g/mol. The molecule has 1 saturated heterocycles. The number of benzene rings is 2. The Morgan fingerprint density at radius 1 is 1.00 bits per heavy atom. The minimum absolute atomic E-state index is 0.0174. The van der Waals surface area contributed by atoms with Crippen molar-refractivity contribution in [2.75, 3.05) is 45.3 Å². The molecule has 5 nitrogen and oxygen atoms in total. The zero-order valence-corrected chi connectivity index (χ0v) is 15.1. The number of piperazine rings is 1. The van der Waals surface area contributed by atoms with Gasteiger partial charge < -0.3 is 19.3 Å². The fourth-order valence-corrected chi connectivity index (χ4v) is 3.19. The molecule has 0 atom stereocenters. The lowest BCUT2D eigenvalue weighted by Crippen LogP contribution is -2.48. The lowest BCUT2D eigenvalue weighted by Gasteiger charge is -2.36. The van der Waals surface area contributed by atoms with Crippen LogP contribution < -0.4 is 14.4 Å². The molecular formula is C19H21ClN2O3. The minimum atomic E-state index is 0.0174. The number of carbonyl (C=O) groups is 1. The molecule has 3 rings (SSSR count). The van der Waals surface area contributed by atoms with E-state index in [2.05, 4.69) is 4.90 Å². The summed E-state index contributed by atoms with van der Waals surface area (Å²) < 4.78 is 10.7. The van der Waals surface area contributed by atoms with E-state index in [1.54, 1.807) is 38.5 Å². The van der Waals surface area contributed by atoms with Crippen molar-refractivity contribution in [3.05, 3.63) is 53.1 Å². The molecule has 0 saturated carbocycles. The highest BCUT2D eigenvalue weighted by Crippen LogP contribution is 2.32. The Balaban J connectivity index is 1.69. The molecule has 0 spiro atoms. The van der Waals surface area contributed by atoms with Gasteiger partial charge in [0, 0.05) is 42.8 Å². The molecule has 132 valence electrons. The minimum Gasteiger partial charge on any atom is -0.497 e. The van der Waals surface area contributed by atoms with E-state index in [9.17, 15) is 4.79 Å². The van der Waals surface area contributed by atoms with Crippen LogP contribution in [0.25, 0.3) is 0 Å². The molecule has 1 fully saturated rings. The summed E-state index contributed by atoms with van der Waals surface area (Å²) in [5.41, 5.74) is 1.64. The molecule has 0 radical (unpaired) electrons. The van der Waals surface area contributed by atoms with E-state index in [4.69, 9.17) is 21.1 Å². The van der Waals surface area contributed by atoms with Crippen LogP contribution in [0, 0.1) is 0 Å². The average molecular weight is 361 g/mol. The van der Waals surface area contributed by atoms with E-state index in [-0.39, 0.29) is 5.91 Å². The second-order valence-corrected chi connectivity index (χ2v) is 6.26. The predicted molar refractivity (Wildman–Crippen MR) is 99.1 cm³/mol. The second-order valence-electron chi connectivity index (χ2n) is 5.83. The maximum absolute atomic E-state index is 12.6. The van der Waals surface area contributed by atoms with E-state index >= 15 is 0 Å². The Hall–Kier alpha value is -2.40. The van der Waals surface area contributed by atoms with Crippen LogP contribution >= 0.6 is 11.6 Å². The van der Waals surface area contributed by atoms with Gasteiger partial charge in [-0.25, -0.2) is 0 Å². The zero-order chi connectivity index (χ0) is 17.8. The number of methoxy groups -OCH3 is 2. The first-order chi connectivity index (χ1) is 12.1. The third kappa shape index (κ3) is 3.82. The molecule has 1 heterocycles. The summed E-state index contributed by atoms with van der Waals surface area (Å²) in [7, 11) is 3.28. The lowest BCUT2D eigenvalue weighted by molar-refractivity contribution is 0.0746. The maximum Gasteiger partial charge on any atom is 0.254 e. The molecular weight excluding hydrogens is 340 g/mol. The van der Waals surface area contributed by atoms with Crippen LogP contribution in [0.4, 0.5) is 5.69 Å². The Kier molecular flexibility index (Phi) is 5.34. The number of nitrogens with zero attached hydrogens (tertiary/aromatic N) is 2. The summed E-state index contributed by atoms with van der Waals surface area (Å²) in [5, 5.41) is 0.576. The maximum atomic E-state index is 12.6. The standard InChI is InChI=1S/C19H21ClN2O3/c1-24-16-6-7-17(18(13-16)25-2)21-8-10-22(11-9-21)19(23)14-4-3-5-15(20)12-14/h3-7,12-13H,8-11H2,1-2H3. The summed E-state index contributed by atoms with van der Waals surface area (Å²) in [6.07, 6.45) is 0. The van der Waals surface area contributed by atoms with Gasteiger partial charge in [-0.2, -0.15) is 0 Å². The first-order valence-electron chi connectivity index (χ1n) is 8.14. The molecule has 6 heteroatoms. The van der Waals surface area contributed by atoms with Gasteiger partial charge in [0.25, 0.3) is 5.91 Å². The smallest absolute Gasteiger partial charge is 0.254 e. The second kappa shape index (κ2) is 7.66. The van der Waals surface area contributed by atoms with Crippen LogP contribution in [-0.4, -0.2) is 51.2 Å². The Morgan fingerprint density at radius 3 is 2.40 bits per heavy atom. The van der Waals surface area contributed by atoms with Gasteiger partial charge in [-0.3, -0.25) is 4.79 Å². The van der Waals surface area contributed by atoms with Crippen molar-refractivity contribution in [1.29, 1.82) is 0 Å². The van der Waals surface area contributed by atoms with Crippen molar-refractivity contribution in [2.24, 2.45) is 0 Å². The van der Waals surface area contributed by atoms with Gasteiger partial charge in [-0.05, 0) is 30.3 Å². The molecule has 1 amide bonds. The number of halogens is 1. The van der Waals surface area contributed by atoms with Crippen molar-refractivity contribution in [3.8, 4) is 11.5 Å². The van der Waals surface area contributed by atoms with Gasteiger partial charge >= 0.3 is 0 Å². The molecule has 0 aliphatic carbocycles. The molecule has 1 aliphatic rings. The quantitative estimate of drug-likeness (QED) is 0.838. The molecule has 2 aromatic carbocycles. The van der Waals surface area contributed by atoms with Crippen LogP contribution in [0.2, 0.25) is 5.02 Å². The SMILES string of the molecule is COc1ccc(N2CCN(C(=O)c3cccc(Cl)c3)CC2)c(OC)c1. The molecule has 25 heavy (non-hydrogen) atoms. The third-order valence-electron chi connectivity index (χ3n) is 4.37. The van der Waals surface area contributed by atoms with Crippen LogP contribution in [0.1, 0.15) is 10.4 Å². The highest BCUT2D eigenvalue weighted by Gasteiger charge is 2.24. The highest BCUT2D eigenvalue weighted by atomic mass is 35.5. The van der Waals surface area contributed by atoms with Gasteiger partial charge in [0.05, 0.1) is 19.9 Å². The molecule has 0 aromatic heterocycles. The summed E-state index contributed by atoms with van der Waals surface area (Å²) in [4.78, 5) is 16.7. The largest absolute Gasteiger partial charge is 0.497 e. The predicted octanol–water partition coefficient (Wildman–Crippen LogP) is 3.32. The number of hydrogen-bond donors (Lipinski definition) is 0. The van der Waals surface area contributed by atoms with Crippen molar-refractivity contribution in [1.82, 2.24) is 4.90 Å². The summed E-state index contributed by atoms with van der Waals surface area (Å²) >= 11 is 5.99. The number of amides is 1. The molecule has 0 unspecified atom stereocenters. The number of ether oxygens (including phenoxy) is 2. The number of rotatable bonds is 4. The fourth-order valence-electron chi connectivity index (χ4n) is 3.00. The van der Waals surface area contributed by atoms with Crippen LogP contribution in [0.5, 0.6) is 11.5 Å². The van der Waals surface area contributed by atoms with Crippen LogP contribution in [-0.2, 0) is 0 Å².